The number of ether oxygens (including phenoxy) is 2. The van der Waals surface area contributed by atoms with Crippen LogP contribution in [0.15, 0.2) is 142 Å². The van der Waals surface area contributed by atoms with Crippen molar-refractivity contribution in [1.29, 1.82) is 0 Å². The molecule has 2 aromatic heterocycles. The average Bonchev–Trinajstić information content (AvgIpc) is 3.65. The predicted molar refractivity (Wildman–Crippen MR) is 190 cm³/mol. The third kappa shape index (κ3) is 5.50. The SMILES string of the molecule is CCOC(=O)C1=C(C)N=c2s/c(=C\c3cc(-c4ccccc4)n(-c4ccccc4)c3-c3ccccc3)c(=O)n2C1c1ccccc1OC. The van der Waals surface area contributed by atoms with Gasteiger partial charge in [-0.05, 0) is 55.3 Å². The van der Waals surface area contributed by atoms with E-state index in [9.17, 15) is 9.59 Å². The molecule has 8 heteroatoms. The first-order chi connectivity index (χ1) is 23.5. The Bertz CT molecular complexity index is 2340. The van der Waals surface area contributed by atoms with E-state index in [1.165, 1.54) is 11.3 Å². The molecule has 0 bridgehead atoms. The fourth-order valence-corrected chi connectivity index (χ4v) is 7.35. The number of carbonyl (C=O) groups excluding carboxylic acids is 1. The molecule has 0 radical (unpaired) electrons. The summed E-state index contributed by atoms with van der Waals surface area (Å²) in [5.41, 5.74) is 7.12. The first-order valence-corrected chi connectivity index (χ1v) is 16.6. The summed E-state index contributed by atoms with van der Waals surface area (Å²) in [4.78, 5) is 33.3. The maximum absolute atomic E-state index is 14.6. The topological polar surface area (TPSA) is 74.8 Å². The summed E-state index contributed by atoms with van der Waals surface area (Å²) in [5, 5.41) is 0. The summed E-state index contributed by atoms with van der Waals surface area (Å²) in [5.74, 6) is 0.0510. The van der Waals surface area contributed by atoms with Crippen LogP contribution in [-0.2, 0) is 9.53 Å². The van der Waals surface area contributed by atoms with Crippen LogP contribution >= 0.6 is 11.3 Å². The van der Waals surface area contributed by atoms with E-state index < -0.39 is 12.0 Å². The molecule has 0 N–H and O–H groups in total. The normalized spacial score (nSPS) is 14.4. The number of nitrogens with zero attached hydrogens (tertiary/aromatic N) is 3. The monoisotopic (exact) mass is 651 g/mol. The van der Waals surface area contributed by atoms with Crippen molar-refractivity contribution in [3.05, 3.63) is 163 Å². The molecule has 0 aliphatic carbocycles. The van der Waals surface area contributed by atoms with Gasteiger partial charge in [-0.25, -0.2) is 9.79 Å². The van der Waals surface area contributed by atoms with Crippen molar-refractivity contribution in [2.75, 3.05) is 13.7 Å². The highest BCUT2D eigenvalue weighted by molar-refractivity contribution is 7.07. The van der Waals surface area contributed by atoms with Crippen molar-refractivity contribution in [2.45, 2.75) is 19.9 Å². The smallest absolute Gasteiger partial charge is 0.338 e. The van der Waals surface area contributed by atoms with Gasteiger partial charge in [-0.1, -0.05) is 108 Å². The number of fused-ring (bicyclic) bond motifs is 1. The molecule has 4 aromatic carbocycles. The molecule has 48 heavy (non-hydrogen) atoms. The van der Waals surface area contributed by atoms with E-state index in [4.69, 9.17) is 14.5 Å². The van der Waals surface area contributed by atoms with Crippen LogP contribution < -0.4 is 19.6 Å². The summed E-state index contributed by atoms with van der Waals surface area (Å²) >= 11 is 1.30. The number of esters is 1. The van der Waals surface area contributed by atoms with Gasteiger partial charge in [0.2, 0.25) is 0 Å². The van der Waals surface area contributed by atoms with E-state index in [0.29, 0.717) is 31.9 Å². The van der Waals surface area contributed by atoms with Gasteiger partial charge in [0.05, 0.1) is 40.9 Å². The number of hydrogen-bond donors (Lipinski definition) is 0. The Morgan fingerprint density at radius 1 is 0.875 bits per heavy atom. The van der Waals surface area contributed by atoms with Gasteiger partial charge >= 0.3 is 5.97 Å². The van der Waals surface area contributed by atoms with Gasteiger partial charge in [0, 0.05) is 16.8 Å². The maximum Gasteiger partial charge on any atom is 0.338 e. The fourth-order valence-electron chi connectivity index (χ4n) is 6.32. The van der Waals surface area contributed by atoms with Crippen molar-refractivity contribution < 1.29 is 14.3 Å². The fraction of sp³-hybridized carbons (Fsp3) is 0.125. The lowest BCUT2D eigenvalue weighted by atomic mass is 9.95. The number of benzene rings is 4. The number of rotatable bonds is 8. The summed E-state index contributed by atoms with van der Waals surface area (Å²) in [6, 6.07) is 39.5. The maximum atomic E-state index is 14.6. The third-order valence-electron chi connectivity index (χ3n) is 8.40. The number of hydrogen-bond acceptors (Lipinski definition) is 6. The van der Waals surface area contributed by atoms with Gasteiger partial charge < -0.3 is 14.0 Å². The van der Waals surface area contributed by atoms with Crippen LogP contribution in [0.4, 0.5) is 0 Å². The van der Waals surface area contributed by atoms with Crippen LogP contribution in [0, 0.1) is 0 Å². The van der Waals surface area contributed by atoms with Crippen molar-refractivity contribution in [1.82, 2.24) is 9.13 Å². The molecule has 0 spiro atoms. The molecule has 238 valence electrons. The molecule has 7 rings (SSSR count). The number of carbonyl (C=O) groups is 1. The van der Waals surface area contributed by atoms with Gasteiger partial charge in [-0.3, -0.25) is 9.36 Å². The zero-order valence-corrected chi connectivity index (χ0v) is 27.6. The molecule has 0 amide bonds. The molecule has 0 saturated heterocycles. The lowest BCUT2D eigenvalue weighted by molar-refractivity contribution is -0.139. The molecule has 1 atom stereocenters. The largest absolute Gasteiger partial charge is 0.496 e. The van der Waals surface area contributed by atoms with Crippen LogP contribution in [0.25, 0.3) is 34.3 Å². The Morgan fingerprint density at radius 3 is 2.17 bits per heavy atom. The third-order valence-corrected chi connectivity index (χ3v) is 9.38. The van der Waals surface area contributed by atoms with Crippen LogP contribution in [-0.4, -0.2) is 28.8 Å². The van der Waals surface area contributed by atoms with E-state index in [2.05, 4.69) is 47.0 Å². The molecule has 7 nitrogen and oxygen atoms in total. The molecular formula is C40H33N3O4S. The number of methoxy groups -OCH3 is 1. The van der Waals surface area contributed by atoms with Crippen LogP contribution in [0.3, 0.4) is 0 Å². The molecule has 1 aliphatic rings. The molecular weight excluding hydrogens is 619 g/mol. The highest BCUT2D eigenvalue weighted by Crippen LogP contribution is 2.38. The molecule has 1 unspecified atom stereocenters. The van der Waals surface area contributed by atoms with E-state index in [1.54, 1.807) is 25.5 Å². The van der Waals surface area contributed by atoms with Gasteiger partial charge in [-0.2, -0.15) is 0 Å². The second-order valence-corrected chi connectivity index (χ2v) is 12.3. The minimum Gasteiger partial charge on any atom is -0.496 e. The Kier molecular flexibility index (Phi) is 8.48. The first kappa shape index (κ1) is 30.9. The van der Waals surface area contributed by atoms with Crippen LogP contribution in [0.1, 0.15) is 31.0 Å². The summed E-state index contributed by atoms with van der Waals surface area (Å²) in [6.45, 7) is 3.74. The summed E-state index contributed by atoms with van der Waals surface area (Å²) in [6.07, 6.45) is 1.95. The van der Waals surface area contributed by atoms with Crippen molar-refractivity contribution >= 4 is 23.4 Å². The van der Waals surface area contributed by atoms with E-state index in [-0.39, 0.29) is 12.2 Å². The minimum atomic E-state index is -0.777. The van der Waals surface area contributed by atoms with Gasteiger partial charge in [0.15, 0.2) is 4.80 Å². The van der Waals surface area contributed by atoms with Crippen molar-refractivity contribution in [3.63, 3.8) is 0 Å². The first-order valence-electron chi connectivity index (χ1n) is 15.7. The Balaban J connectivity index is 1.52. The highest BCUT2D eigenvalue weighted by atomic mass is 32.1. The minimum absolute atomic E-state index is 0.198. The average molecular weight is 652 g/mol. The van der Waals surface area contributed by atoms with Gasteiger partial charge in [0.1, 0.15) is 11.8 Å². The lowest BCUT2D eigenvalue weighted by Gasteiger charge is -2.25. The molecule has 0 fully saturated rings. The van der Waals surface area contributed by atoms with Crippen LogP contribution in [0.5, 0.6) is 5.75 Å². The van der Waals surface area contributed by atoms with E-state index >= 15 is 0 Å². The quantitative estimate of drug-likeness (QED) is 0.167. The Labute approximate surface area is 282 Å². The number of thiazole rings is 1. The Morgan fingerprint density at radius 2 is 1.50 bits per heavy atom. The molecule has 6 aromatic rings. The zero-order valence-electron chi connectivity index (χ0n) is 26.8. The Hall–Kier alpha value is -5.73. The number of allylic oxidation sites excluding steroid dienone is 1. The standard InChI is InChI=1S/C40H33N3O4S/c1-4-47-39(45)35-26(2)41-40-43(37(35)31-22-14-15-23-33(31)46-3)38(44)34(48-40)25-29-24-32(27-16-8-5-9-17-27)42(30-20-12-7-13-21-30)36(29)28-18-10-6-11-19-28/h5-25,37H,4H2,1-3H3/b34-25-. The summed E-state index contributed by atoms with van der Waals surface area (Å²) in [7, 11) is 1.58. The number of aromatic nitrogens is 2. The van der Waals surface area contributed by atoms with Crippen molar-refractivity contribution in [2.24, 2.45) is 4.99 Å². The van der Waals surface area contributed by atoms with Gasteiger partial charge in [-0.15, -0.1) is 0 Å². The predicted octanol–water partition coefficient (Wildman–Crippen LogP) is 6.93. The summed E-state index contributed by atoms with van der Waals surface area (Å²) < 4.78 is 15.5. The van der Waals surface area contributed by atoms with Crippen molar-refractivity contribution in [3.8, 4) is 34.0 Å². The van der Waals surface area contributed by atoms with E-state index in [1.807, 2.05) is 84.9 Å². The lowest BCUT2D eigenvalue weighted by Crippen LogP contribution is -2.40. The van der Waals surface area contributed by atoms with E-state index in [0.717, 1.165) is 33.8 Å². The molecule has 3 heterocycles. The molecule has 0 saturated carbocycles. The second kappa shape index (κ2) is 13.2. The second-order valence-electron chi connectivity index (χ2n) is 11.3. The van der Waals surface area contributed by atoms with Crippen LogP contribution in [0.2, 0.25) is 0 Å². The van der Waals surface area contributed by atoms with Gasteiger partial charge in [0.25, 0.3) is 5.56 Å². The zero-order chi connectivity index (χ0) is 33.2. The highest BCUT2D eigenvalue weighted by Gasteiger charge is 2.35. The number of para-hydroxylation sites is 2. The molecule has 1 aliphatic heterocycles.